The Morgan fingerprint density at radius 2 is 1.58 bits per heavy atom. The summed E-state index contributed by atoms with van der Waals surface area (Å²) in [6.45, 7) is 1.59. The van der Waals surface area contributed by atoms with Crippen molar-refractivity contribution in [1.29, 1.82) is 0 Å². The molecule has 1 unspecified atom stereocenters. The summed E-state index contributed by atoms with van der Waals surface area (Å²) in [4.78, 5) is 41.6. The number of benzene rings is 1. The molecule has 24 heavy (non-hydrogen) atoms. The fourth-order valence-corrected chi connectivity index (χ4v) is 3.14. The van der Waals surface area contributed by atoms with Crippen LogP contribution in [-0.2, 0) is 14.4 Å². The van der Waals surface area contributed by atoms with Crippen LogP contribution in [0.1, 0.15) is 66.2 Å². The van der Waals surface area contributed by atoms with Gasteiger partial charge in [0, 0.05) is 0 Å². The molecule has 1 saturated carbocycles. The first-order valence-corrected chi connectivity index (χ1v) is 8.43. The molecular weight excluding hydrogens is 310 g/mol. The van der Waals surface area contributed by atoms with Crippen molar-refractivity contribution in [2.45, 2.75) is 57.7 Å². The maximum Gasteiger partial charge on any atom is 0.361 e. The number of rotatable bonds is 4. The van der Waals surface area contributed by atoms with Gasteiger partial charge in [0.15, 0.2) is 6.10 Å². The fraction of sp³-hybridized carbons (Fsp3) is 0.500. The molecule has 3 rings (SSSR count). The number of hydrogen-bond acceptors (Lipinski definition) is 5. The van der Waals surface area contributed by atoms with Gasteiger partial charge in [-0.15, -0.1) is 0 Å². The molecule has 0 bridgehead atoms. The summed E-state index contributed by atoms with van der Waals surface area (Å²) in [6, 6.07) is 6.39. The molecule has 1 aliphatic carbocycles. The summed E-state index contributed by atoms with van der Waals surface area (Å²) in [5.41, 5.74) is 0.486. The third kappa shape index (κ3) is 3.33. The Bertz CT molecular complexity index is 614. The quantitative estimate of drug-likeness (QED) is 0.626. The monoisotopic (exact) mass is 331 g/mol. The van der Waals surface area contributed by atoms with E-state index in [4.69, 9.17) is 9.57 Å². The lowest BCUT2D eigenvalue weighted by atomic mass is 10.1. The summed E-state index contributed by atoms with van der Waals surface area (Å²) in [5, 5.41) is 0.528. The molecule has 6 nitrogen and oxygen atoms in total. The van der Waals surface area contributed by atoms with Gasteiger partial charge in [0.1, 0.15) is 0 Å². The smallest absolute Gasteiger partial charge is 0.361 e. The first-order valence-electron chi connectivity index (χ1n) is 8.43. The molecule has 1 fully saturated rings. The van der Waals surface area contributed by atoms with Crippen LogP contribution >= 0.6 is 0 Å². The molecule has 1 atom stereocenters. The predicted molar refractivity (Wildman–Crippen MR) is 85.1 cm³/mol. The van der Waals surface area contributed by atoms with Crippen molar-refractivity contribution in [3.63, 3.8) is 0 Å². The van der Waals surface area contributed by atoms with Crippen molar-refractivity contribution in [2.24, 2.45) is 0 Å². The average molecular weight is 331 g/mol. The third-order valence-electron chi connectivity index (χ3n) is 4.47. The van der Waals surface area contributed by atoms with Crippen LogP contribution in [0.25, 0.3) is 0 Å². The highest BCUT2D eigenvalue weighted by atomic mass is 16.7. The molecule has 0 radical (unpaired) electrons. The molecule has 0 aromatic heterocycles. The van der Waals surface area contributed by atoms with Gasteiger partial charge in [0.2, 0.25) is 0 Å². The number of hydroxylamine groups is 2. The third-order valence-corrected chi connectivity index (χ3v) is 4.47. The van der Waals surface area contributed by atoms with Crippen LogP contribution < -0.4 is 0 Å². The molecule has 0 saturated heterocycles. The average Bonchev–Trinajstić information content (AvgIpc) is 2.78. The van der Waals surface area contributed by atoms with Crippen LogP contribution in [0.4, 0.5) is 0 Å². The first-order chi connectivity index (χ1) is 11.6. The summed E-state index contributed by atoms with van der Waals surface area (Å²) in [6.07, 6.45) is 5.60. The zero-order chi connectivity index (χ0) is 17.1. The molecule has 1 aromatic rings. The van der Waals surface area contributed by atoms with Crippen molar-refractivity contribution < 1.29 is 24.0 Å². The number of fused-ring (bicyclic) bond motifs is 1. The Labute approximate surface area is 140 Å². The van der Waals surface area contributed by atoms with Crippen LogP contribution in [0.3, 0.4) is 0 Å². The van der Waals surface area contributed by atoms with Crippen LogP contribution in [0.5, 0.6) is 0 Å². The first kappa shape index (κ1) is 16.6. The van der Waals surface area contributed by atoms with Gasteiger partial charge in [-0.2, -0.15) is 0 Å². The summed E-state index contributed by atoms with van der Waals surface area (Å²) in [7, 11) is 0. The Hall–Kier alpha value is -2.21. The van der Waals surface area contributed by atoms with E-state index in [1.165, 1.54) is 25.0 Å². The van der Waals surface area contributed by atoms with E-state index in [0.717, 1.165) is 25.7 Å². The highest BCUT2D eigenvalue weighted by molar-refractivity contribution is 6.20. The minimum Gasteiger partial charge on any atom is -0.363 e. The van der Waals surface area contributed by atoms with Gasteiger partial charge in [-0.1, -0.05) is 42.9 Å². The number of nitrogens with zero attached hydrogens (tertiary/aromatic N) is 1. The fourth-order valence-electron chi connectivity index (χ4n) is 3.14. The highest BCUT2D eigenvalue weighted by Crippen LogP contribution is 2.24. The van der Waals surface area contributed by atoms with Crippen LogP contribution in [0, 0.1) is 0 Å². The lowest BCUT2D eigenvalue weighted by molar-refractivity contribution is -0.184. The van der Waals surface area contributed by atoms with Crippen molar-refractivity contribution in [2.75, 3.05) is 0 Å². The Kier molecular flexibility index (Phi) is 4.94. The largest absolute Gasteiger partial charge is 0.363 e. The normalized spacial score (nSPS) is 19.8. The number of hydrogen-bond donors (Lipinski definition) is 0. The van der Waals surface area contributed by atoms with Crippen molar-refractivity contribution >= 4 is 17.8 Å². The van der Waals surface area contributed by atoms with Gasteiger partial charge in [0.05, 0.1) is 17.2 Å². The van der Waals surface area contributed by atoms with Gasteiger partial charge in [0.25, 0.3) is 11.8 Å². The van der Waals surface area contributed by atoms with Crippen LogP contribution in [-0.4, -0.2) is 35.1 Å². The molecular formula is C18H21NO5. The van der Waals surface area contributed by atoms with Gasteiger partial charge >= 0.3 is 5.97 Å². The van der Waals surface area contributed by atoms with E-state index in [9.17, 15) is 14.4 Å². The molecule has 1 aliphatic heterocycles. The minimum absolute atomic E-state index is 0.0252. The van der Waals surface area contributed by atoms with E-state index >= 15 is 0 Å². The molecule has 6 heteroatoms. The van der Waals surface area contributed by atoms with Gasteiger partial charge in [-0.05, 0) is 31.9 Å². The topological polar surface area (TPSA) is 72.9 Å². The van der Waals surface area contributed by atoms with E-state index in [0.29, 0.717) is 5.06 Å². The Balaban J connectivity index is 1.60. The van der Waals surface area contributed by atoms with E-state index in [1.54, 1.807) is 19.1 Å². The summed E-state index contributed by atoms with van der Waals surface area (Å²) in [5.74, 6) is -1.97. The van der Waals surface area contributed by atoms with Crippen molar-refractivity contribution in [3.05, 3.63) is 35.4 Å². The second-order valence-electron chi connectivity index (χ2n) is 6.25. The Morgan fingerprint density at radius 3 is 2.12 bits per heavy atom. The van der Waals surface area contributed by atoms with E-state index < -0.39 is 23.9 Å². The van der Waals surface area contributed by atoms with E-state index in [-0.39, 0.29) is 17.2 Å². The number of carbonyl (C=O) groups is 3. The maximum atomic E-state index is 12.2. The second-order valence-corrected chi connectivity index (χ2v) is 6.25. The summed E-state index contributed by atoms with van der Waals surface area (Å²) < 4.78 is 5.77. The lowest BCUT2D eigenvalue weighted by Crippen LogP contribution is -2.38. The minimum atomic E-state index is -0.822. The number of ether oxygens (including phenoxy) is 1. The number of imide groups is 1. The predicted octanol–water partition coefficient (Wildman–Crippen LogP) is 2.87. The molecule has 0 spiro atoms. The second kappa shape index (κ2) is 7.13. The van der Waals surface area contributed by atoms with Crippen molar-refractivity contribution in [3.8, 4) is 0 Å². The Morgan fingerprint density at radius 1 is 1.04 bits per heavy atom. The van der Waals surface area contributed by atoms with Gasteiger partial charge in [-0.3, -0.25) is 9.59 Å². The molecule has 128 valence electrons. The van der Waals surface area contributed by atoms with Crippen molar-refractivity contribution in [1.82, 2.24) is 5.06 Å². The molecule has 1 aromatic carbocycles. The highest BCUT2D eigenvalue weighted by Gasteiger charge is 2.39. The SMILES string of the molecule is CC(OC1CCCCCC1)C(=O)ON1C(=O)c2ccccc2C1=O. The molecule has 1 heterocycles. The lowest BCUT2D eigenvalue weighted by Gasteiger charge is -2.21. The summed E-state index contributed by atoms with van der Waals surface area (Å²) >= 11 is 0. The van der Waals surface area contributed by atoms with Crippen LogP contribution in [0.2, 0.25) is 0 Å². The number of amides is 2. The van der Waals surface area contributed by atoms with Gasteiger partial charge in [-0.25, -0.2) is 4.79 Å². The maximum absolute atomic E-state index is 12.2. The molecule has 2 aliphatic rings. The zero-order valence-corrected chi connectivity index (χ0v) is 13.7. The standard InChI is InChI=1S/C18H21NO5/c1-12(23-13-8-4-2-3-5-9-13)18(22)24-19-16(20)14-10-6-7-11-15(14)17(19)21/h6-7,10-13H,2-5,8-9H2,1H3. The van der Waals surface area contributed by atoms with E-state index in [2.05, 4.69) is 0 Å². The molecule has 0 N–H and O–H groups in total. The van der Waals surface area contributed by atoms with E-state index in [1.807, 2.05) is 0 Å². The molecule has 2 amide bonds. The number of carbonyl (C=O) groups excluding carboxylic acids is 3. The van der Waals surface area contributed by atoms with Crippen LogP contribution in [0.15, 0.2) is 24.3 Å². The zero-order valence-electron chi connectivity index (χ0n) is 13.7. The van der Waals surface area contributed by atoms with Gasteiger partial charge < -0.3 is 9.57 Å².